The van der Waals surface area contributed by atoms with E-state index in [0.717, 1.165) is 0 Å². The summed E-state index contributed by atoms with van der Waals surface area (Å²) in [7, 11) is 0. The summed E-state index contributed by atoms with van der Waals surface area (Å²) in [5.41, 5.74) is 0. The lowest BCUT2D eigenvalue weighted by molar-refractivity contribution is -0.123. The van der Waals surface area contributed by atoms with Crippen molar-refractivity contribution in [2.45, 2.75) is 32.5 Å². The van der Waals surface area contributed by atoms with Crippen molar-refractivity contribution in [1.29, 1.82) is 0 Å². The molecule has 0 saturated heterocycles. The van der Waals surface area contributed by atoms with Gasteiger partial charge in [-0.2, -0.15) is 0 Å². The van der Waals surface area contributed by atoms with Crippen LogP contribution < -0.4 is 10.1 Å². The number of tetrazole rings is 1. The van der Waals surface area contributed by atoms with E-state index in [-0.39, 0.29) is 31.7 Å². The number of halogens is 1. The fraction of sp³-hybridized carbons (Fsp3) is 0.429. The summed E-state index contributed by atoms with van der Waals surface area (Å²) in [6, 6.07) is 6.78. The molecule has 1 aromatic carbocycles. The number of carbonyl (C=O) groups is 1. The Hall–Kier alpha value is -2.19. The highest BCUT2D eigenvalue weighted by molar-refractivity contribution is 6.32. The zero-order chi connectivity index (χ0) is 16.7. The number of aliphatic hydroxyl groups is 1. The number of aliphatic hydroxyl groups excluding tert-OH is 1. The molecule has 2 N–H and O–H groups in total. The number of para-hydroxylation sites is 1. The Morgan fingerprint density at radius 1 is 1.48 bits per heavy atom. The second-order valence-electron chi connectivity index (χ2n) is 4.83. The summed E-state index contributed by atoms with van der Waals surface area (Å²) in [6.07, 6.45) is 0.639. The number of nitrogens with one attached hydrogen (secondary N) is 1. The number of amides is 1. The molecule has 1 unspecified atom stereocenters. The number of aromatic nitrogens is 4. The number of hydrogen-bond acceptors (Lipinski definition) is 6. The Bertz CT molecular complexity index is 645. The molecule has 0 saturated carbocycles. The van der Waals surface area contributed by atoms with Gasteiger partial charge in [0.1, 0.15) is 18.9 Å². The number of benzene rings is 1. The molecular formula is C14H18ClN5O3. The van der Waals surface area contributed by atoms with Crippen LogP contribution in [0, 0.1) is 0 Å². The Balaban J connectivity index is 1.94. The van der Waals surface area contributed by atoms with Gasteiger partial charge < -0.3 is 15.2 Å². The van der Waals surface area contributed by atoms with E-state index >= 15 is 0 Å². The van der Waals surface area contributed by atoms with E-state index in [4.69, 9.17) is 21.4 Å². The molecule has 2 rings (SSSR count). The van der Waals surface area contributed by atoms with Gasteiger partial charge in [0, 0.05) is 0 Å². The minimum atomic E-state index is -0.280. The van der Waals surface area contributed by atoms with E-state index in [1.54, 1.807) is 24.3 Å². The normalized spacial score (nSPS) is 12.0. The van der Waals surface area contributed by atoms with Gasteiger partial charge in [0.25, 0.3) is 0 Å². The first kappa shape index (κ1) is 17.2. The van der Waals surface area contributed by atoms with Crippen molar-refractivity contribution in [1.82, 2.24) is 25.5 Å². The van der Waals surface area contributed by atoms with Crippen molar-refractivity contribution in [3.05, 3.63) is 35.1 Å². The SMILES string of the molecule is CCC(CO)NC(=O)Cn1nnnc1COc1ccccc1Cl. The van der Waals surface area contributed by atoms with Gasteiger partial charge in [0.2, 0.25) is 5.91 Å². The summed E-state index contributed by atoms with van der Waals surface area (Å²) in [4.78, 5) is 11.9. The Kier molecular flexibility index (Phi) is 6.30. The largest absolute Gasteiger partial charge is 0.484 e. The predicted octanol–water partition coefficient (Wildman–Crippen LogP) is 0.793. The first-order chi connectivity index (χ1) is 11.1. The minimum absolute atomic E-state index is 0.0509. The highest BCUT2D eigenvalue weighted by Crippen LogP contribution is 2.23. The quantitative estimate of drug-likeness (QED) is 0.737. The zero-order valence-corrected chi connectivity index (χ0v) is 13.4. The molecule has 0 radical (unpaired) electrons. The Morgan fingerprint density at radius 2 is 2.26 bits per heavy atom. The van der Waals surface area contributed by atoms with Crippen molar-refractivity contribution in [3.8, 4) is 5.75 Å². The smallest absolute Gasteiger partial charge is 0.242 e. The maximum atomic E-state index is 11.9. The maximum absolute atomic E-state index is 11.9. The first-order valence-electron chi connectivity index (χ1n) is 7.16. The van der Waals surface area contributed by atoms with Crippen molar-refractivity contribution in [2.24, 2.45) is 0 Å². The molecule has 0 aliphatic carbocycles. The lowest BCUT2D eigenvalue weighted by atomic mass is 10.2. The number of hydrogen-bond donors (Lipinski definition) is 2. The van der Waals surface area contributed by atoms with E-state index < -0.39 is 0 Å². The molecule has 0 bridgehead atoms. The zero-order valence-electron chi connectivity index (χ0n) is 12.6. The summed E-state index contributed by atoms with van der Waals surface area (Å²) < 4.78 is 6.90. The summed E-state index contributed by atoms with van der Waals surface area (Å²) in [5, 5.41) is 23.4. The van der Waals surface area contributed by atoms with Crippen LogP contribution in [-0.4, -0.2) is 43.9 Å². The van der Waals surface area contributed by atoms with Crippen LogP contribution in [0.2, 0.25) is 5.02 Å². The van der Waals surface area contributed by atoms with Gasteiger partial charge >= 0.3 is 0 Å². The number of ether oxygens (including phenoxy) is 1. The predicted molar refractivity (Wildman–Crippen MR) is 82.9 cm³/mol. The molecule has 1 amide bonds. The second kappa shape index (κ2) is 8.44. The molecule has 9 heteroatoms. The number of carbonyl (C=O) groups excluding carboxylic acids is 1. The third-order valence-corrected chi connectivity index (χ3v) is 3.48. The fourth-order valence-electron chi connectivity index (χ4n) is 1.84. The molecule has 124 valence electrons. The molecule has 0 aliphatic heterocycles. The van der Waals surface area contributed by atoms with Crippen LogP contribution in [0.25, 0.3) is 0 Å². The van der Waals surface area contributed by atoms with Crippen LogP contribution in [0.1, 0.15) is 19.2 Å². The fourth-order valence-corrected chi connectivity index (χ4v) is 2.03. The van der Waals surface area contributed by atoms with Gasteiger partial charge in [-0.1, -0.05) is 30.7 Å². The second-order valence-corrected chi connectivity index (χ2v) is 5.23. The highest BCUT2D eigenvalue weighted by atomic mass is 35.5. The summed E-state index contributed by atoms with van der Waals surface area (Å²) in [6.45, 7) is 1.80. The minimum Gasteiger partial charge on any atom is -0.484 e. The van der Waals surface area contributed by atoms with Gasteiger partial charge in [-0.3, -0.25) is 4.79 Å². The lowest BCUT2D eigenvalue weighted by Crippen LogP contribution is -2.39. The van der Waals surface area contributed by atoms with Gasteiger partial charge in [-0.05, 0) is 29.0 Å². The molecule has 2 aromatic rings. The molecule has 0 aliphatic rings. The van der Waals surface area contributed by atoms with Crippen LogP contribution >= 0.6 is 11.6 Å². The van der Waals surface area contributed by atoms with Crippen LogP contribution in [0.3, 0.4) is 0 Å². The van der Waals surface area contributed by atoms with E-state index in [0.29, 0.717) is 23.0 Å². The van der Waals surface area contributed by atoms with Crippen molar-refractivity contribution in [2.75, 3.05) is 6.61 Å². The molecule has 1 aromatic heterocycles. The van der Waals surface area contributed by atoms with Crippen LogP contribution in [0.4, 0.5) is 0 Å². The Morgan fingerprint density at radius 3 is 2.96 bits per heavy atom. The average molecular weight is 340 g/mol. The molecule has 1 heterocycles. The molecule has 0 fully saturated rings. The van der Waals surface area contributed by atoms with Crippen LogP contribution in [0.15, 0.2) is 24.3 Å². The van der Waals surface area contributed by atoms with Crippen molar-refractivity contribution >= 4 is 17.5 Å². The van der Waals surface area contributed by atoms with Gasteiger partial charge in [-0.15, -0.1) is 5.10 Å². The summed E-state index contributed by atoms with van der Waals surface area (Å²) >= 11 is 6.01. The monoisotopic (exact) mass is 339 g/mol. The maximum Gasteiger partial charge on any atom is 0.242 e. The molecular weight excluding hydrogens is 322 g/mol. The van der Waals surface area contributed by atoms with Gasteiger partial charge in [0.15, 0.2) is 5.82 Å². The van der Waals surface area contributed by atoms with Crippen LogP contribution in [0.5, 0.6) is 5.75 Å². The van der Waals surface area contributed by atoms with Crippen LogP contribution in [-0.2, 0) is 17.9 Å². The van der Waals surface area contributed by atoms with Crippen molar-refractivity contribution in [3.63, 3.8) is 0 Å². The molecule has 8 nitrogen and oxygen atoms in total. The third kappa shape index (κ3) is 4.90. The molecule has 0 spiro atoms. The third-order valence-electron chi connectivity index (χ3n) is 3.17. The highest BCUT2D eigenvalue weighted by Gasteiger charge is 2.14. The van der Waals surface area contributed by atoms with Gasteiger partial charge in [0.05, 0.1) is 17.7 Å². The van der Waals surface area contributed by atoms with E-state index in [1.807, 2.05) is 6.92 Å². The molecule has 23 heavy (non-hydrogen) atoms. The van der Waals surface area contributed by atoms with E-state index in [2.05, 4.69) is 20.8 Å². The molecule has 1 atom stereocenters. The first-order valence-corrected chi connectivity index (χ1v) is 7.54. The van der Waals surface area contributed by atoms with Gasteiger partial charge in [-0.25, -0.2) is 4.68 Å². The number of rotatable bonds is 8. The Labute approximate surface area is 138 Å². The summed E-state index contributed by atoms with van der Waals surface area (Å²) in [5.74, 6) is 0.633. The van der Waals surface area contributed by atoms with E-state index in [1.165, 1.54) is 4.68 Å². The standard InChI is InChI=1S/C14H18ClN5O3/c1-2-10(8-21)16-14(22)7-20-13(17-18-19-20)9-23-12-6-4-3-5-11(12)15/h3-6,10,21H,2,7-9H2,1H3,(H,16,22). The van der Waals surface area contributed by atoms with Crippen molar-refractivity contribution < 1.29 is 14.6 Å². The van der Waals surface area contributed by atoms with E-state index in [9.17, 15) is 4.79 Å². The number of nitrogens with zero attached hydrogens (tertiary/aromatic N) is 4. The average Bonchev–Trinajstić information content (AvgIpc) is 2.99. The lowest BCUT2D eigenvalue weighted by Gasteiger charge is -2.14. The topological polar surface area (TPSA) is 102 Å².